The van der Waals surface area contributed by atoms with Gasteiger partial charge in [0.25, 0.3) is 0 Å². The van der Waals surface area contributed by atoms with Crippen molar-refractivity contribution in [2.45, 2.75) is 18.2 Å². The largest absolute Gasteiger partial charge is 0.466 e. The molecule has 2 rings (SSSR count). The monoisotopic (exact) mass is 360 g/mol. The van der Waals surface area contributed by atoms with E-state index in [0.717, 1.165) is 6.26 Å². The Hall–Kier alpha value is -1.41. The minimum Gasteiger partial charge on any atom is -0.466 e. The van der Waals surface area contributed by atoms with E-state index in [9.17, 15) is 13.2 Å². The van der Waals surface area contributed by atoms with Gasteiger partial charge in [0.15, 0.2) is 14.6 Å². The van der Waals surface area contributed by atoms with Crippen LogP contribution in [0.25, 0.3) is 5.52 Å². The van der Waals surface area contributed by atoms with Gasteiger partial charge in [-0.3, -0.25) is 9.20 Å². The van der Waals surface area contributed by atoms with E-state index in [-0.39, 0.29) is 11.3 Å². The lowest BCUT2D eigenvalue weighted by molar-refractivity contribution is -0.142. The molecule has 8 heteroatoms. The zero-order chi connectivity index (χ0) is 14.9. The summed E-state index contributed by atoms with van der Waals surface area (Å²) in [5.74, 6) is -0.398. The average Bonchev–Trinajstić information content (AvgIpc) is 2.65. The van der Waals surface area contributed by atoms with E-state index in [1.54, 1.807) is 17.5 Å². The molecule has 108 valence electrons. The fraction of sp³-hybridized carbons (Fsp3) is 0.333. The molecule has 0 radical (unpaired) electrons. The van der Waals surface area contributed by atoms with E-state index < -0.39 is 15.8 Å². The third-order valence-corrected chi connectivity index (χ3v) is 4.36. The van der Waals surface area contributed by atoms with Gasteiger partial charge in [0.2, 0.25) is 0 Å². The van der Waals surface area contributed by atoms with Crippen LogP contribution in [0, 0.1) is 0 Å². The van der Waals surface area contributed by atoms with Gasteiger partial charge in [0.1, 0.15) is 0 Å². The van der Waals surface area contributed by atoms with Crippen LogP contribution in [0.1, 0.15) is 12.6 Å². The van der Waals surface area contributed by atoms with Crippen molar-refractivity contribution in [3.8, 4) is 0 Å². The van der Waals surface area contributed by atoms with Crippen molar-refractivity contribution >= 4 is 37.3 Å². The number of halogens is 1. The minimum absolute atomic E-state index is 0.00381. The highest BCUT2D eigenvalue weighted by atomic mass is 79.9. The Morgan fingerprint density at radius 1 is 1.50 bits per heavy atom. The number of imidazole rings is 1. The van der Waals surface area contributed by atoms with Crippen LogP contribution in [0.15, 0.2) is 28.0 Å². The number of hydrogen-bond donors (Lipinski definition) is 0. The number of ether oxygens (including phenoxy) is 1. The molecular formula is C12H13BrN2O4S. The van der Waals surface area contributed by atoms with Crippen LogP contribution in [-0.4, -0.2) is 36.6 Å². The summed E-state index contributed by atoms with van der Waals surface area (Å²) >= 11 is 3.27. The van der Waals surface area contributed by atoms with Gasteiger partial charge in [-0.05, 0) is 35.0 Å². The Bertz CT molecular complexity index is 767. The van der Waals surface area contributed by atoms with Crippen LogP contribution >= 0.6 is 15.9 Å². The number of esters is 1. The highest BCUT2D eigenvalue weighted by Crippen LogP contribution is 2.21. The van der Waals surface area contributed by atoms with E-state index in [0.29, 0.717) is 22.6 Å². The summed E-state index contributed by atoms with van der Waals surface area (Å²) < 4.78 is 30.2. The summed E-state index contributed by atoms with van der Waals surface area (Å²) in [6.07, 6.45) is 2.73. The number of nitrogens with zero attached hydrogens (tertiary/aromatic N) is 2. The Morgan fingerprint density at radius 2 is 2.20 bits per heavy atom. The number of sulfone groups is 1. The quantitative estimate of drug-likeness (QED) is 0.774. The summed E-state index contributed by atoms with van der Waals surface area (Å²) in [4.78, 5) is 15.9. The lowest BCUT2D eigenvalue weighted by atomic mass is 10.2. The standard InChI is InChI=1S/C12H13BrN2O4S/c1-3-19-11(16)7-9-10-6-8(20(2,17)18)4-5-15(10)12(13)14-9/h4-6H,3,7H2,1-2H3. The molecule has 0 atom stereocenters. The molecule has 2 heterocycles. The van der Waals surface area contributed by atoms with Crippen LogP contribution in [0.4, 0.5) is 0 Å². The Balaban J connectivity index is 2.52. The van der Waals surface area contributed by atoms with Gasteiger partial charge < -0.3 is 4.74 Å². The first-order valence-corrected chi connectivity index (χ1v) is 8.53. The molecular weight excluding hydrogens is 348 g/mol. The molecule has 6 nitrogen and oxygen atoms in total. The van der Waals surface area contributed by atoms with Crippen LogP contribution in [0.5, 0.6) is 0 Å². The van der Waals surface area contributed by atoms with Gasteiger partial charge in [-0.1, -0.05) is 0 Å². The Morgan fingerprint density at radius 3 is 2.80 bits per heavy atom. The predicted molar refractivity (Wildman–Crippen MR) is 76.3 cm³/mol. The average molecular weight is 361 g/mol. The Labute approximate surface area is 124 Å². The van der Waals surface area contributed by atoms with Crippen molar-refractivity contribution in [1.82, 2.24) is 9.38 Å². The molecule has 0 aliphatic carbocycles. The molecule has 0 unspecified atom stereocenters. The van der Waals surface area contributed by atoms with Crippen molar-refractivity contribution < 1.29 is 17.9 Å². The summed E-state index contributed by atoms with van der Waals surface area (Å²) in [5.41, 5.74) is 1.04. The molecule has 0 saturated heterocycles. The second-order valence-electron chi connectivity index (χ2n) is 4.20. The third kappa shape index (κ3) is 3.01. The summed E-state index contributed by atoms with van der Waals surface area (Å²) in [6, 6.07) is 2.99. The van der Waals surface area contributed by atoms with Crippen molar-refractivity contribution in [2.75, 3.05) is 12.9 Å². The predicted octanol–water partition coefficient (Wildman–Crippen LogP) is 1.61. The molecule has 0 aliphatic heterocycles. The van der Waals surface area contributed by atoms with E-state index in [2.05, 4.69) is 20.9 Å². The number of hydrogen-bond acceptors (Lipinski definition) is 5. The molecule has 0 bridgehead atoms. The number of fused-ring (bicyclic) bond motifs is 1. The summed E-state index contributed by atoms with van der Waals surface area (Å²) in [7, 11) is -3.31. The van der Waals surface area contributed by atoms with E-state index >= 15 is 0 Å². The van der Waals surface area contributed by atoms with Gasteiger partial charge in [-0.2, -0.15) is 0 Å². The summed E-state index contributed by atoms with van der Waals surface area (Å²) in [6.45, 7) is 2.02. The number of carbonyl (C=O) groups excluding carboxylic acids is 1. The first-order valence-electron chi connectivity index (χ1n) is 5.85. The fourth-order valence-corrected chi connectivity index (χ4v) is 2.95. The van der Waals surface area contributed by atoms with Crippen molar-refractivity contribution in [3.63, 3.8) is 0 Å². The van der Waals surface area contributed by atoms with Gasteiger partial charge in [0.05, 0.1) is 29.1 Å². The van der Waals surface area contributed by atoms with Crippen molar-refractivity contribution in [1.29, 1.82) is 0 Å². The molecule has 0 amide bonds. The molecule has 0 fully saturated rings. The van der Waals surface area contributed by atoms with Gasteiger partial charge in [-0.15, -0.1) is 0 Å². The zero-order valence-corrected chi connectivity index (χ0v) is 13.4. The highest BCUT2D eigenvalue weighted by molar-refractivity contribution is 9.10. The maximum atomic E-state index is 11.6. The number of aromatic nitrogens is 2. The summed E-state index contributed by atoms with van der Waals surface area (Å²) in [5, 5.41) is 0. The maximum absolute atomic E-state index is 11.6. The molecule has 2 aromatic rings. The first-order chi connectivity index (χ1) is 9.32. The van der Waals surface area contributed by atoms with Crippen LogP contribution < -0.4 is 0 Å². The molecule has 2 aromatic heterocycles. The Kier molecular flexibility index (Phi) is 4.14. The van der Waals surface area contributed by atoms with Gasteiger partial charge >= 0.3 is 5.97 Å². The fourth-order valence-electron chi connectivity index (χ4n) is 1.80. The second kappa shape index (κ2) is 5.53. The number of rotatable bonds is 4. The lowest BCUT2D eigenvalue weighted by Gasteiger charge is -2.02. The first kappa shape index (κ1) is 15.0. The topological polar surface area (TPSA) is 77.7 Å². The van der Waals surface area contributed by atoms with E-state index in [1.807, 2.05) is 0 Å². The molecule has 0 aliphatic rings. The number of carbonyl (C=O) groups is 1. The van der Waals surface area contributed by atoms with E-state index in [1.165, 1.54) is 12.1 Å². The van der Waals surface area contributed by atoms with Crippen LogP contribution in [0.3, 0.4) is 0 Å². The highest BCUT2D eigenvalue weighted by Gasteiger charge is 2.16. The molecule has 0 aromatic carbocycles. The zero-order valence-electron chi connectivity index (χ0n) is 11.0. The normalized spacial score (nSPS) is 11.8. The molecule has 0 spiro atoms. The minimum atomic E-state index is -3.31. The number of pyridine rings is 1. The van der Waals surface area contributed by atoms with Gasteiger partial charge in [0, 0.05) is 12.5 Å². The SMILES string of the molecule is CCOC(=O)Cc1nc(Br)n2ccc(S(C)(=O)=O)cc12. The molecule has 0 N–H and O–H groups in total. The van der Waals surface area contributed by atoms with Crippen LogP contribution in [0.2, 0.25) is 0 Å². The third-order valence-electron chi connectivity index (χ3n) is 2.69. The smallest absolute Gasteiger partial charge is 0.311 e. The van der Waals surface area contributed by atoms with Gasteiger partial charge in [-0.25, -0.2) is 13.4 Å². The van der Waals surface area contributed by atoms with Crippen molar-refractivity contribution in [3.05, 3.63) is 28.8 Å². The van der Waals surface area contributed by atoms with Crippen molar-refractivity contribution in [2.24, 2.45) is 0 Å². The lowest BCUT2D eigenvalue weighted by Crippen LogP contribution is -2.08. The maximum Gasteiger partial charge on any atom is 0.311 e. The second-order valence-corrected chi connectivity index (χ2v) is 6.92. The molecule has 0 saturated carbocycles. The van der Waals surface area contributed by atoms with E-state index in [4.69, 9.17) is 4.74 Å². The molecule has 20 heavy (non-hydrogen) atoms. The van der Waals surface area contributed by atoms with Crippen LogP contribution in [-0.2, 0) is 25.8 Å².